The summed E-state index contributed by atoms with van der Waals surface area (Å²) in [4.78, 5) is 7.40. The molecule has 24 heavy (non-hydrogen) atoms. The van der Waals surface area contributed by atoms with Crippen molar-refractivity contribution in [1.82, 2.24) is 0 Å². The number of benzene rings is 2. The molecule has 1 unspecified atom stereocenters. The van der Waals surface area contributed by atoms with Crippen LogP contribution >= 0.6 is 0 Å². The molecule has 0 saturated carbocycles. The predicted molar refractivity (Wildman–Crippen MR) is 104 cm³/mol. The average Bonchev–Trinajstić information content (AvgIpc) is 2.86. The van der Waals surface area contributed by atoms with Crippen LogP contribution in [0.15, 0.2) is 59.6 Å². The molecule has 126 valence electrons. The molecule has 0 aromatic heterocycles. The predicted octanol–water partition coefficient (Wildman–Crippen LogP) is 5.28. The van der Waals surface area contributed by atoms with Crippen molar-refractivity contribution in [2.24, 2.45) is 10.9 Å². The highest BCUT2D eigenvalue weighted by atomic mass is 15.3. The van der Waals surface area contributed by atoms with E-state index in [1.165, 1.54) is 22.5 Å². The molecule has 1 heterocycles. The van der Waals surface area contributed by atoms with Gasteiger partial charge in [0.05, 0.1) is 5.71 Å². The van der Waals surface area contributed by atoms with E-state index in [9.17, 15) is 0 Å². The van der Waals surface area contributed by atoms with Gasteiger partial charge in [-0.15, -0.1) is 0 Å². The molecular formula is C22H28N2. The maximum Gasteiger partial charge on any atom is 0.111 e. The Hall–Kier alpha value is -2.09. The van der Waals surface area contributed by atoms with E-state index in [1.54, 1.807) is 0 Å². The molecule has 1 aliphatic heterocycles. The summed E-state index contributed by atoms with van der Waals surface area (Å²) in [7, 11) is 1.93. The van der Waals surface area contributed by atoms with E-state index in [0.29, 0.717) is 5.92 Å². The maximum absolute atomic E-state index is 4.82. The number of para-hydroxylation sites is 1. The Balaban J connectivity index is 2.42. The first kappa shape index (κ1) is 16.8. The Bertz CT molecular complexity index is 753. The van der Waals surface area contributed by atoms with E-state index in [0.717, 1.165) is 0 Å². The Kier molecular flexibility index (Phi) is 4.03. The molecule has 0 N–H and O–H groups in total. The fourth-order valence-electron chi connectivity index (χ4n) is 4.37. The summed E-state index contributed by atoms with van der Waals surface area (Å²) in [6.07, 6.45) is 0. The number of rotatable bonds is 2. The van der Waals surface area contributed by atoms with Crippen molar-refractivity contribution in [1.29, 1.82) is 0 Å². The summed E-state index contributed by atoms with van der Waals surface area (Å²) < 4.78 is 0. The lowest BCUT2D eigenvalue weighted by Gasteiger charge is -2.51. The summed E-state index contributed by atoms with van der Waals surface area (Å²) >= 11 is 0. The SMILES string of the molecule is C/N=C1/c2ccccc2N(C(C)(C)C)C1(c1ccccc1)C(C)C. The highest BCUT2D eigenvalue weighted by Crippen LogP contribution is 2.52. The van der Waals surface area contributed by atoms with Crippen LogP contribution in [0.25, 0.3) is 0 Å². The van der Waals surface area contributed by atoms with Gasteiger partial charge in [-0.25, -0.2) is 0 Å². The van der Waals surface area contributed by atoms with Crippen molar-refractivity contribution in [3.8, 4) is 0 Å². The van der Waals surface area contributed by atoms with Crippen molar-refractivity contribution in [2.45, 2.75) is 45.7 Å². The van der Waals surface area contributed by atoms with E-state index in [1.807, 2.05) is 7.05 Å². The van der Waals surface area contributed by atoms with Crippen LogP contribution in [0, 0.1) is 5.92 Å². The molecule has 2 aromatic carbocycles. The zero-order valence-corrected chi connectivity index (χ0v) is 15.7. The third-order valence-corrected chi connectivity index (χ3v) is 5.06. The van der Waals surface area contributed by atoms with Gasteiger partial charge in [-0.3, -0.25) is 4.99 Å². The summed E-state index contributed by atoms with van der Waals surface area (Å²) in [6.45, 7) is 11.5. The van der Waals surface area contributed by atoms with Gasteiger partial charge in [0.25, 0.3) is 0 Å². The number of anilines is 1. The minimum Gasteiger partial charge on any atom is -0.350 e. The fraction of sp³-hybridized carbons (Fsp3) is 0.409. The maximum atomic E-state index is 4.82. The lowest BCUT2D eigenvalue weighted by molar-refractivity contribution is 0.327. The topological polar surface area (TPSA) is 15.6 Å². The van der Waals surface area contributed by atoms with Gasteiger partial charge in [0, 0.05) is 23.8 Å². The summed E-state index contributed by atoms with van der Waals surface area (Å²) in [6, 6.07) is 19.5. The third kappa shape index (κ3) is 2.20. The Morgan fingerprint density at radius 2 is 1.50 bits per heavy atom. The zero-order chi connectivity index (χ0) is 17.5. The third-order valence-electron chi connectivity index (χ3n) is 5.06. The summed E-state index contributed by atoms with van der Waals surface area (Å²) in [5, 5.41) is 0. The van der Waals surface area contributed by atoms with Crippen LogP contribution in [0.3, 0.4) is 0 Å². The van der Waals surface area contributed by atoms with Gasteiger partial charge in [0.15, 0.2) is 0 Å². The fourth-order valence-corrected chi connectivity index (χ4v) is 4.37. The molecule has 0 spiro atoms. The monoisotopic (exact) mass is 320 g/mol. The Morgan fingerprint density at radius 3 is 2.04 bits per heavy atom. The van der Waals surface area contributed by atoms with E-state index < -0.39 is 0 Å². The number of aliphatic imine (C=N–C) groups is 1. The lowest BCUT2D eigenvalue weighted by Crippen LogP contribution is -2.59. The molecule has 2 nitrogen and oxygen atoms in total. The van der Waals surface area contributed by atoms with E-state index in [2.05, 4.69) is 94.1 Å². The second kappa shape index (κ2) is 5.77. The van der Waals surface area contributed by atoms with E-state index in [-0.39, 0.29) is 11.1 Å². The number of hydrogen-bond acceptors (Lipinski definition) is 2. The second-order valence-electron chi connectivity index (χ2n) is 7.88. The first-order valence-electron chi connectivity index (χ1n) is 8.77. The highest BCUT2D eigenvalue weighted by molar-refractivity contribution is 6.17. The van der Waals surface area contributed by atoms with Crippen LogP contribution in [0.2, 0.25) is 0 Å². The standard InChI is InChI=1S/C22H28N2/c1-16(2)22(17-12-8-7-9-13-17)20(23-6)18-14-10-11-15-19(18)24(22)21(3,4)5/h7-16H,1-6H3/b23-20-. The molecule has 3 rings (SSSR count). The zero-order valence-electron chi connectivity index (χ0n) is 15.7. The molecular weight excluding hydrogens is 292 g/mol. The van der Waals surface area contributed by atoms with Gasteiger partial charge in [-0.1, -0.05) is 62.4 Å². The number of fused-ring (bicyclic) bond motifs is 1. The molecule has 0 bridgehead atoms. The molecule has 0 radical (unpaired) electrons. The van der Waals surface area contributed by atoms with Gasteiger partial charge >= 0.3 is 0 Å². The van der Waals surface area contributed by atoms with Crippen LogP contribution in [0.5, 0.6) is 0 Å². The minimum atomic E-state index is -0.252. The molecule has 0 fully saturated rings. The van der Waals surface area contributed by atoms with Crippen LogP contribution in [0.1, 0.15) is 45.7 Å². The Labute approximate surface area is 146 Å². The average molecular weight is 320 g/mol. The molecule has 0 amide bonds. The normalized spacial score (nSPS) is 22.3. The van der Waals surface area contributed by atoms with E-state index >= 15 is 0 Å². The molecule has 0 saturated heterocycles. The van der Waals surface area contributed by atoms with Crippen LogP contribution < -0.4 is 4.90 Å². The smallest absolute Gasteiger partial charge is 0.111 e. The van der Waals surface area contributed by atoms with Crippen molar-refractivity contribution < 1.29 is 0 Å². The van der Waals surface area contributed by atoms with Crippen LogP contribution in [-0.2, 0) is 5.54 Å². The first-order valence-corrected chi connectivity index (χ1v) is 8.77. The van der Waals surface area contributed by atoms with Gasteiger partial charge < -0.3 is 4.90 Å². The van der Waals surface area contributed by atoms with Gasteiger partial charge in [0.1, 0.15) is 5.54 Å². The van der Waals surface area contributed by atoms with Gasteiger partial charge in [0.2, 0.25) is 0 Å². The van der Waals surface area contributed by atoms with Gasteiger partial charge in [-0.05, 0) is 38.3 Å². The quantitative estimate of drug-likeness (QED) is 0.735. The molecule has 0 aliphatic carbocycles. The van der Waals surface area contributed by atoms with E-state index in [4.69, 9.17) is 4.99 Å². The Morgan fingerprint density at radius 1 is 0.917 bits per heavy atom. The largest absolute Gasteiger partial charge is 0.350 e. The summed E-state index contributed by atoms with van der Waals surface area (Å²) in [5.74, 6) is 0.380. The van der Waals surface area contributed by atoms with Crippen molar-refractivity contribution in [3.63, 3.8) is 0 Å². The number of nitrogens with zero attached hydrogens (tertiary/aromatic N) is 2. The molecule has 1 atom stereocenters. The van der Waals surface area contributed by atoms with Gasteiger partial charge in [-0.2, -0.15) is 0 Å². The molecule has 2 heteroatoms. The number of hydrogen-bond donors (Lipinski definition) is 0. The van der Waals surface area contributed by atoms with Crippen molar-refractivity contribution >= 4 is 11.4 Å². The van der Waals surface area contributed by atoms with Crippen molar-refractivity contribution in [2.75, 3.05) is 11.9 Å². The summed E-state index contributed by atoms with van der Waals surface area (Å²) in [5.41, 5.74) is 4.75. The first-order chi connectivity index (χ1) is 11.3. The van der Waals surface area contributed by atoms with Crippen molar-refractivity contribution in [3.05, 3.63) is 65.7 Å². The molecule has 2 aromatic rings. The minimum absolute atomic E-state index is 0.0251. The second-order valence-corrected chi connectivity index (χ2v) is 7.88. The van der Waals surface area contributed by atoms with Crippen LogP contribution in [-0.4, -0.2) is 18.3 Å². The molecule has 1 aliphatic rings. The van der Waals surface area contributed by atoms with Crippen LogP contribution in [0.4, 0.5) is 5.69 Å². The lowest BCUT2D eigenvalue weighted by atomic mass is 9.74. The highest BCUT2D eigenvalue weighted by Gasteiger charge is 2.55.